The molecule has 0 aromatic heterocycles. The molecule has 0 saturated carbocycles. The Kier molecular flexibility index (Phi) is 4.94. The van der Waals surface area contributed by atoms with Crippen molar-refractivity contribution in [2.75, 3.05) is 0 Å². The third-order valence-corrected chi connectivity index (χ3v) is 5.08. The highest BCUT2D eigenvalue weighted by Crippen LogP contribution is 2.45. The van der Waals surface area contributed by atoms with Gasteiger partial charge in [-0.3, -0.25) is 4.79 Å². The largest absolute Gasteiger partial charge is 0.368 e. The molecule has 1 amide bonds. The van der Waals surface area contributed by atoms with E-state index in [9.17, 15) is 9.18 Å². The maximum absolute atomic E-state index is 14.0. The minimum Gasteiger partial charge on any atom is -0.368 e. The number of rotatable bonds is 4. The summed E-state index contributed by atoms with van der Waals surface area (Å²) in [6.07, 6.45) is 7.88. The molecule has 0 radical (unpaired) electrons. The molecule has 0 spiro atoms. The van der Waals surface area contributed by atoms with Crippen LogP contribution in [0.15, 0.2) is 84.2 Å². The Labute approximate surface area is 164 Å². The minimum absolute atomic E-state index is 0.0453. The van der Waals surface area contributed by atoms with Crippen molar-refractivity contribution in [2.45, 2.75) is 19.9 Å². The van der Waals surface area contributed by atoms with E-state index in [1.165, 1.54) is 6.07 Å². The molecule has 2 aliphatic rings. The van der Waals surface area contributed by atoms with Crippen LogP contribution in [0.25, 0.3) is 11.1 Å². The smallest absolute Gasteiger partial charge is 0.224 e. The van der Waals surface area contributed by atoms with Crippen LogP contribution in [0.4, 0.5) is 4.39 Å². The van der Waals surface area contributed by atoms with Gasteiger partial charge in [0, 0.05) is 18.9 Å². The molecule has 1 heterocycles. The molecule has 4 heteroatoms. The number of benzene rings is 2. The van der Waals surface area contributed by atoms with E-state index in [-0.39, 0.29) is 18.1 Å². The van der Waals surface area contributed by atoms with Crippen LogP contribution in [-0.2, 0) is 11.3 Å². The van der Waals surface area contributed by atoms with Gasteiger partial charge in [0.2, 0.25) is 5.91 Å². The lowest BCUT2D eigenvalue weighted by molar-refractivity contribution is -0.120. The Morgan fingerprint density at radius 2 is 1.79 bits per heavy atom. The van der Waals surface area contributed by atoms with Crippen LogP contribution in [0.3, 0.4) is 0 Å². The van der Waals surface area contributed by atoms with Crippen molar-refractivity contribution in [3.63, 3.8) is 0 Å². The van der Waals surface area contributed by atoms with Gasteiger partial charge in [-0.05, 0) is 70.2 Å². The van der Waals surface area contributed by atoms with Gasteiger partial charge in [0.1, 0.15) is 5.82 Å². The van der Waals surface area contributed by atoms with Crippen LogP contribution in [0.2, 0.25) is 0 Å². The second kappa shape index (κ2) is 7.69. The van der Waals surface area contributed by atoms with Gasteiger partial charge in [0.15, 0.2) is 0 Å². The fourth-order valence-corrected chi connectivity index (χ4v) is 3.71. The van der Waals surface area contributed by atoms with Crippen molar-refractivity contribution in [2.24, 2.45) is 0 Å². The van der Waals surface area contributed by atoms with Crippen LogP contribution in [0.1, 0.15) is 30.0 Å². The van der Waals surface area contributed by atoms with Gasteiger partial charge in [-0.1, -0.05) is 36.4 Å². The summed E-state index contributed by atoms with van der Waals surface area (Å²) in [6.45, 7) is 2.50. The summed E-state index contributed by atoms with van der Waals surface area (Å²) in [4.78, 5) is 12.6. The summed E-state index contributed by atoms with van der Waals surface area (Å²) < 4.78 is 14.0. The predicted octanol–water partition coefficient (Wildman–Crippen LogP) is 4.70. The van der Waals surface area contributed by atoms with E-state index >= 15 is 0 Å². The van der Waals surface area contributed by atoms with Gasteiger partial charge in [0.05, 0.1) is 6.42 Å². The van der Waals surface area contributed by atoms with Gasteiger partial charge in [0.25, 0.3) is 0 Å². The lowest BCUT2D eigenvalue weighted by Crippen LogP contribution is -2.22. The lowest BCUT2D eigenvalue weighted by Gasteiger charge is -2.10. The topological polar surface area (TPSA) is 41.1 Å². The molecule has 4 rings (SSSR count). The number of halogens is 1. The summed E-state index contributed by atoms with van der Waals surface area (Å²) in [7, 11) is 0. The van der Waals surface area contributed by atoms with Crippen molar-refractivity contribution in [1.29, 1.82) is 0 Å². The number of amides is 1. The third kappa shape index (κ3) is 3.54. The lowest BCUT2D eigenvalue weighted by atomic mass is 9.96. The Hall–Kier alpha value is -3.40. The molecule has 28 heavy (non-hydrogen) atoms. The minimum atomic E-state index is -0.277. The first-order valence-electron chi connectivity index (χ1n) is 9.28. The molecule has 1 aliphatic carbocycles. The van der Waals surface area contributed by atoms with Gasteiger partial charge < -0.3 is 10.6 Å². The molecule has 0 bridgehead atoms. The number of hydrogen-bond donors (Lipinski definition) is 2. The zero-order valence-corrected chi connectivity index (χ0v) is 15.6. The van der Waals surface area contributed by atoms with E-state index in [2.05, 4.69) is 10.6 Å². The monoisotopic (exact) mass is 372 g/mol. The number of hydrogen-bond acceptors (Lipinski definition) is 2. The average molecular weight is 372 g/mol. The van der Waals surface area contributed by atoms with E-state index in [1.54, 1.807) is 12.1 Å². The van der Waals surface area contributed by atoms with Gasteiger partial charge in [-0.2, -0.15) is 0 Å². The number of carbonyl (C=O) groups excluding carboxylic acids is 1. The molecule has 140 valence electrons. The van der Waals surface area contributed by atoms with E-state index in [4.69, 9.17) is 0 Å². The molecule has 2 aromatic rings. The summed E-state index contributed by atoms with van der Waals surface area (Å²) in [5.41, 5.74) is 6.77. The van der Waals surface area contributed by atoms with E-state index in [0.29, 0.717) is 6.54 Å². The number of nitrogens with one attached hydrogen (secondary N) is 2. The molecule has 1 aliphatic heterocycles. The summed E-state index contributed by atoms with van der Waals surface area (Å²) in [5.74, 6) is -0.322. The van der Waals surface area contributed by atoms with Gasteiger partial charge in [-0.25, -0.2) is 4.39 Å². The first kappa shape index (κ1) is 18.0. The fraction of sp³-hybridized carbons (Fsp3) is 0.125. The standard InChI is InChI=1S/C24H21FN2O/c1-16-21(14-23(28)27-15-17-5-3-2-4-6-17)20-8-7-19(25)13-22(20)24(16)18-9-11-26-12-10-18/h2-13,26H,14-15H2,1H3,(H,27,28). The molecule has 2 aromatic carbocycles. The zero-order chi connectivity index (χ0) is 19.5. The van der Waals surface area contributed by atoms with Crippen molar-refractivity contribution in [3.05, 3.63) is 107 Å². The second-order valence-electron chi connectivity index (χ2n) is 6.90. The van der Waals surface area contributed by atoms with Crippen LogP contribution < -0.4 is 10.6 Å². The maximum atomic E-state index is 14.0. The first-order chi connectivity index (χ1) is 13.6. The molecule has 0 atom stereocenters. The first-order valence-corrected chi connectivity index (χ1v) is 9.28. The molecule has 0 saturated heterocycles. The van der Waals surface area contributed by atoms with Crippen LogP contribution in [0.5, 0.6) is 0 Å². The number of dihydropyridines is 1. The highest BCUT2D eigenvalue weighted by atomic mass is 19.1. The number of allylic oxidation sites excluding steroid dienone is 5. The Morgan fingerprint density at radius 1 is 1.04 bits per heavy atom. The Balaban J connectivity index is 1.63. The molecule has 2 N–H and O–H groups in total. The SMILES string of the molecule is CC1=C(CC(=O)NCc2ccccc2)c2ccc(F)cc2C1=C1C=CNC=C1. The Morgan fingerprint density at radius 3 is 2.54 bits per heavy atom. The van der Waals surface area contributed by atoms with Crippen molar-refractivity contribution >= 4 is 17.1 Å². The summed E-state index contributed by atoms with van der Waals surface area (Å²) in [5, 5.41) is 6.00. The molecular weight excluding hydrogens is 351 g/mol. The van der Waals surface area contributed by atoms with Crippen molar-refractivity contribution < 1.29 is 9.18 Å². The van der Waals surface area contributed by atoms with E-state index in [1.807, 2.05) is 61.8 Å². The molecule has 0 unspecified atom stereocenters. The van der Waals surface area contributed by atoms with E-state index in [0.717, 1.165) is 39.0 Å². The second-order valence-corrected chi connectivity index (χ2v) is 6.90. The molecule has 3 nitrogen and oxygen atoms in total. The quantitative estimate of drug-likeness (QED) is 0.817. The normalized spacial score (nSPS) is 14.9. The van der Waals surface area contributed by atoms with Crippen molar-refractivity contribution in [1.82, 2.24) is 10.6 Å². The predicted molar refractivity (Wildman–Crippen MR) is 110 cm³/mol. The average Bonchev–Trinajstić information content (AvgIpc) is 2.98. The highest BCUT2D eigenvalue weighted by Gasteiger charge is 2.27. The highest BCUT2D eigenvalue weighted by molar-refractivity contribution is 6.05. The summed E-state index contributed by atoms with van der Waals surface area (Å²) >= 11 is 0. The zero-order valence-electron chi connectivity index (χ0n) is 15.6. The Bertz CT molecular complexity index is 1030. The van der Waals surface area contributed by atoms with Crippen LogP contribution in [0, 0.1) is 5.82 Å². The number of carbonyl (C=O) groups is 1. The van der Waals surface area contributed by atoms with Crippen LogP contribution in [-0.4, -0.2) is 5.91 Å². The van der Waals surface area contributed by atoms with Gasteiger partial charge >= 0.3 is 0 Å². The fourth-order valence-electron chi connectivity index (χ4n) is 3.71. The van der Waals surface area contributed by atoms with Crippen molar-refractivity contribution in [3.8, 4) is 0 Å². The molecular formula is C24H21FN2O. The van der Waals surface area contributed by atoms with Crippen LogP contribution >= 0.6 is 0 Å². The summed E-state index contributed by atoms with van der Waals surface area (Å²) in [6, 6.07) is 14.6. The van der Waals surface area contributed by atoms with E-state index < -0.39 is 0 Å². The molecule has 0 fully saturated rings. The maximum Gasteiger partial charge on any atom is 0.224 e. The third-order valence-electron chi connectivity index (χ3n) is 5.08. The number of fused-ring (bicyclic) bond motifs is 1. The van der Waals surface area contributed by atoms with Gasteiger partial charge in [-0.15, -0.1) is 0 Å².